The third-order valence-electron chi connectivity index (χ3n) is 23.3. The Morgan fingerprint density at radius 1 is 0.131 bits per heavy atom. The Kier molecular flexibility index (Phi) is 18.9. The van der Waals surface area contributed by atoms with E-state index in [1.54, 1.807) is 22.7 Å². The summed E-state index contributed by atoms with van der Waals surface area (Å²) in [6, 6.07) is 157. The van der Waals surface area contributed by atoms with Crippen molar-refractivity contribution < 1.29 is 0 Å². The number of nitrogens with zero attached hydrogens (tertiary/aromatic N) is 6. The monoisotopic (exact) mass is 1590 g/mol. The van der Waals surface area contributed by atoms with Crippen molar-refractivity contribution in [2.75, 3.05) is 0 Å². The van der Waals surface area contributed by atoms with E-state index in [-0.39, 0.29) is 0 Å². The molecule has 0 saturated carbocycles. The first-order valence-corrected chi connectivity index (χ1v) is 42.7. The molecule has 0 aliphatic carbocycles. The van der Waals surface area contributed by atoms with Gasteiger partial charge in [0, 0.05) is 79.3 Å². The number of hydrogen-bond acceptors (Lipinski definition) is 8. The van der Waals surface area contributed by atoms with Crippen LogP contribution in [0.1, 0.15) is 0 Å². The van der Waals surface area contributed by atoms with Crippen molar-refractivity contribution in [3.63, 3.8) is 0 Å². The van der Waals surface area contributed by atoms with Gasteiger partial charge in [0.25, 0.3) is 0 Å². The minimum Gasteiger partial charge on any atom is -0.208 e. The molecule has 8 heteroatoms. The van der Waals surface area contributed by atoms with E-state index in [4.69, 9.17) is 29.9 Å². The highest BCUT2D eigenvalue weighted by Crippen LogP contribution is 2.50. The Bertz CT molecular complexity index is 7710. The third-order valence-corrected chi connectivity index (χ3v) is 25.6. The van der Waals surface area contributed by atoms with Gasteiger partial charge in [-0.15, -0.1) is 22.7 Å². The van der Waals surface area contributed by atoms with Crippen molar-refractivity contribution in [1.29, 1.82) is 0 Å². The summed E-state index contributed by atoms with van der Waals surface area (Å²) in [6.07, 6.45) is 0. The van der Waals surface area contributed by atoms with Crippen LogP contribution >= 0.6 is 22.7 Å². The molecule has 0 fully saturated rings. The van der Waals surface area contributed by atoms with Gasteiger partial charge in [-0.25, -0.2) is 29.9 Å². The summed E-state index contributed by atoms with van der Waals surface area (Å²) in [5.74, 6) is 3.56. The van der Waals surface area contributed by atoms with E-state index in [0.29, 0.717) is 34.9 Å². The van der Waals surface area contributed by atoms with Crippen LogP contribution in [-0.2, 0) is 0 Å². The lowest BCUT2D eigenvalue weighted by molar-refractivity contribution is 1.08. The number of rotatable bonds is 17. The second-order valence-corrected chi connectivity index (χ2v) is 32.8. The van der Waals surface area contributed by atoms with Crippen molar-refractivity contribution in [1.82, 2.24) is 29.9 Å². The molecule has 18 aromatic carbocycles. The number of benzene rings is 18. The van der Waals surface area contributed by atoms with E-state index in [9.17, 15) is 0 Å². The molecule has 22 rings (SSSR count). The molecule has 122 heavy (non-hydrogen) atoms. The van der Waals surface area contributed by atoms with E-state index in [1.807, 2.05) is 30.3 Å². The maximum atomic E-state index is 5.73. The third kappa shape index (κ3) is 13.7. The topological polar surface area (TPSA) is 77.3 Å². The smallest absolute Gasteiger partial charge is 0.164 e. The molecule has 0 unspecified atom stereocenters. The summed E-state index contributed by atoms with van der Waals surface area (Å²) >= 11 is 3.59. The van der Waals surface area contributed by atoms with Crippen LogP contribution in [0.25, 0.3) is 231 Å². The van der Waals surface area contributed by atoms with E-state index >= 15 is 0 Å². The van der Waals surface area contributed by atoms with Crippen LogP contribution in [0.2, 0.25) is 0 Å². The van der Waals surface area contributed by atoms with Crippen molar-refractivity contribution >= 4 is 63.0 Å². The predicted octanol–water partition coefficient (Wildman–Crippen LogP) is 31.1. The summed E-state index contributed by atoms with van der Waals surface area (Å²) in [7, 11) is 0. The Labute approximate surface area is 715 Å². The molecular formula is C114H72N6S2. The largest absolute Gasteiger partial charge is 0.208 e. The van der Waals surface area contributed by atoms with Crippen LogP contribution in [0, 0.1) is 0 Å². The van der Waals surface area contributed by atoms with Gasteiger partial charge in [-0.05, 0) is 165 Å². The number of thiophene rings is 2. The molecule has 4 aromatic heterocycles. The zero-order valence-electron chi connectivity index (χ0n) is 66.1. The van der Waals surface area contributed by atoms with Gasteiger partial charge in [-0.1, -0.05) is 388 Å². The standard InChI is InChI=1S/C114H72N6S2/c1-8-31-73(32-9-1)75-61-63-77(64-62-75)89-51-26-53-92(104(89)78-37-14-4-15-38-78)85-65-67-100-98(71-85)108-97(58-30-60-103(108)121-100)114-118-110(81-43-20-7-21-44-81)116-112(120-114)95-56-28-55-90(105(95)79-39-16-5-17-40-79)84-47-25-48-87(70-84)106-91(83-46-24-45-82(69-83)74-33-10-2-11-34-74)52-27-54-93(106)86-66-68-101-99(72-86)107-96(57-29-59-102(107)122-101)113-117-109(80-41-18-6-19-42-80)115-111(119-113)94-50-23-22-49-88(94)76-35-12-3-13-36-76/h1-72H. The molecule has 6 nitrogen and oxygen atoms in total. The van der Waals surface area contributed by atoms with Gasteiger partial charge in [-0.2, -0.15) is 0 Å². The summed E-state index contributed by atoms with van der Waals surface area (Å²) in [4.78, 5) is 32.9. The summed E-state index contributed by atoms with van der Waals surface area (Å²) in [6.45, 7) is 0. The predicted molar refractivity (Wildman–Crippen MR) is 511 cm³/mol. The first kappa shape index (κ1) is 72.8. The SMILES string of the molecule is c1ccc(-c2ccc(-c3cccc(-c4ccc5sc6cccc(-c7nc(-c8ccccc8)nc(-c8cccc(-c9cccc(-c%10c(-c%11cccc(-c%12ccccc%12)c%11)cccc%10-c%10ccc%11sc%12cccc(-c%13nc(-c%14ccccc%14)nc(-c%14ccccc%14-c%14ccccc%14)n%13)c%12c%11c%10)c9)c8-c8ccccc8)n7)c6c5c4)c3-c3ccccc3)cc2)cc1. The molecular weight excluding hydrogens is 1520 g/mol. The molecule has 0 spiro atoms. The molecule has 0 radical (unpaired) electrons. The molecule has 0 bridgehead atoms. The van der Waals surface area contributed by atoms with Crippen molar-refractivity contribution in [2.24, 2.45) is 0 Å². The van der Waals surface area contributed by atoms with Gasteiger partial charge < -0.3 is 0 Å². The second kappa shape index (κ2) is 31.7. The molecule has 0 N–H and O–H groups in total. The van der Waals surface area contributed by atoms with Crippen LogP contribution in [0.15, 0.2) is 437 Å². The molecule has 0 atom stereocenters. The minimum absolute atomic E-state index is 0.565. The van der Waals surface area contributed by atoms with Gasteiger partial charge in [0.1, 0.15) is 0 Å². The van der Waals surface area contributed by atoms with E-state index in [2.05, 4.69) is 406 Å². The lowest BCUT2D eigenvalue weighted by atomic mass is 9.84. The van der Waals surface area contributed by atoms with Gasteiger partial charge in [-0.3, -0.25) is 0 Å². The van der Waals surface area contributed by atoms with Crippen molar-refractivity contribution in [2.45, 2.75) is 0 Å². The maximum absolute atomic E-state index is 5.73. The number of aromatic nitrogens is 6. The Hall–Kier alpha value is -15.6. The van der Waals surface area contributed by atoms with Crippen LogP contribution in [0.5, 0.6) is 0 Å². The van der Waals surface area contributed by atoms with Crippen LogP contribution < -0.4 is 0 Å². The first-order chi connectivity index (χ1) is 60.5. The molecule has 0 saturated heterocycles. The zero-order chi connectivity index (χ0) is 80.8. The summed E-state index contributed by atoms with van der Waals surface area (Å²) in [5, 5.41) is 4.45. The molecule has 0 aliphatic heterocycles. The Morgan fingerprint density at radius 2 is 0.385 bits per heavy atom. The fraction of sp³-hybridized carbons (Fsp3) is 0. The summed E-state index contributed by atoms with van der Waals surface area (Å²) in [5.41, 5.74) is 29.9. The normalized spacial score (nSPS) is 11.4. The number of hydrogen-bond donors (Lipinski definition) is 0. The van der Waals surface area contributed by atoms with Crippen molar-refractivity contribution in [3.8, 4) is 191 Å². The van der Waals surface area contributed by atoms with E-state index in [1.165, 1.54) is 27.0 Å². The highest BCUT2D eigenvalue weighted by molar-refractivity contribution is 7.26. The van der Waals surface area contributed by atoms with Crippen LogP contribution in [0.4, 0.5) is 0 Å². The van der Waals surface area contributed by atoms with Crippen molar-refractivity contribution in [3.05, 3.63) is 437 Å². The van der Waals surface area contributed by atoms with E-state index in [0.717, 1.165) is 169 Å². The molecule has 0 amide bonds. The highest BCUT2D eigenvalue weighted by Gasteiger charge is 2.26. The van der Waals surface area contributed by atoms with E-state index < -0.39 is 0 Å². The molecule has 0 aliphatic rings. The molecule has 570 valence electrons. The molecule has 4 heterocycles. The maximum Gasteiger partial charge on any atom is 0.164 e. The fourth-order valence-electron chi connectivity index (χ4n) is 17.6. The Balaban J connectivity index is 0.698. The minimum atomic E-state index is 0.565. The van der Waals surface area contributed by atoms with Gasteiger partial charge in [0.2, 0.25) is 0 Å². The van der Waals surface area contributed by atoms with Crippen LogP contribution in [-0.4, -0.2) is 29.9 Å². The van der Waals surface area contributed by atoms with Gasteiger partial charge >= 0.3 is 0 Å². The van der Waals surface area contributed by atoms with Crippen LogP contribution in [0.3, 0.4) is 0 Å². The average molecular weight is 1590 g/mol. The quantitative estimate of drug-likeness (QED) is 0.0904. The Morgan fingerprint density at radius 3 is 0.852 bits per heavy atom. The molecule has 22 aromatic rings. The second-order valence-electron chi connectivity index (χ2n) is 30.6. The zero-order valence-corrected chi connectivity index (χ0v) is 67.7. The lowest BCUT2D eigenvalue weighted by Crippen LogP contribution is -2.02. The highest BCUT2D eigenvalue weighted by atomic mass is 32.1. The number of fused-ring (bicyclic) bond motifs is 6. The average Bonchev–Trinajstić information content (AvgIpc) is 1.53. The first-order valence-electron chi connectivity index (χ1n) is 41.1. The van der Waals surface area contributed by atoms with Gasteiger partial charge in [0.15, 0.2) is 34.9 Å². The fourth-order valence-corrected chi connectivity index (χ4v) is 19.8. The van der Waals surface area contributed by atoms with Gasteiger partial charge in [0.05, 0.1) is 0 Å². The summed E-state index contributed by atoms with van der Waals surface area (Å²) < 4.78 is 4.63. The lowest BCUT2D eigenvalue weighted by Gasteiger charge is -2.19.